The van der Waals surface area contributed by atoms with Gasteiger partial charge in [0.2, 0.25) is 0 Å². The van der Waals surface area contributed by atoms with Gasteiger partial charge in [0.1, 0.15) is 0 Å². The van der Waals surface area contributed by atoms with Gasteiger partial charge in [0.25, 0.3) is 0 Å². The normalized spacial score (nSPS) is 12.4. The van der Waals surface area contributed by atoms with E-state index < -0.39 is 0 Å². The number of hydrogen-bond acceptors (Lipinski definition) is 6. The number of unbranched alkanes of at least 4 members (excludes halogenated alkanes) is 10. The second kappa shape index (κ2) is 19.0. The molecule has 6 N–H and O–H groups in total. The van der Waals surface area contributed by atoms with Gasteiger partial charge in [-0.3, -0.25) is 0 Å². The molecule has 0 aliphatic heterocycles. The van der Waals surface area contributed by atoms with Crippen LogP contribution >= 0.6 is 0 Å². The average molecular weight is 479 g/mol. The summed E-state index contributed by atoms with van der Waals surface area (Å²) in [5.74, 6) is -0.0252. The highest BCUT2D eigenvalue weighted by Crippen LogP contribution is 2.20. The van der Waals surface area contributed by atoms with Crippen LogP contribution in [0.2, 0.25) is 0 Å². The predicted octanol–water partition coefficient (Wildman–Crippen LogP) is 5.63. The highest BCUT2D eigenvalue weighted by atomic mass is 16.5. The summed E-state index contributed by atoms with van der Waals surface area (Å²) >= 11 is 0. The van der Waals surface area contributed by atoms with Crippen LogP contribution in [0.15, 0.2) is 22.4 Å². The number of ether oxygens (including phenoxy) is 2. The van der Waals surface area contributed by atoms with Crippen molar-refractivity contribution >= 4 is 11.7 Å². The minimum Gasteiger partial charge on any atom is -0.409 e. The van der Waals surface area contributed by atoms with Gasteiger partial charge in [-0.05, 0) is 36.1 Å². The lowest BCUT2D eigenvalue weighted by Gasteiger charge is -2.16. The summed E-state index contributed by atoms with van der Waals surface area (Å²) < 4.78 is 11.7. The van der Waals surface area contributed by atoms with Crippen LogP contribution in [0.3, 0.4) is 0 Å². The average Bonchev–Trinajstić information content (AvgIpc) is 2.86. The lowest BCUT2D eigenvalue weighted by molar-refractivity contribution is 0.114. The molecule has 0 aliphatic rings. The fourth-order valence-electron chi connectivity index (χ4n) is 3.85. The molecule has 8 heteroatoms. The van der Waals surface area contributed by atoms with Gasteiger partial charge >= 0.3 is 0 Å². The molecule has 0 saturated carbocycles. The van der Waals surface area contributed by atoms with E-state index in [9.17, 15) is 10.4 Å². The lowest BCUT2D eigenvalue weighted by atomic mass is 9.97. The predicted molar refractivity (Wildman–Crippen MR) is 138 cm³/mol. The van der Waals surface area contributed by atoms with Gasteiger partial charge in [0, 0.05) is 24.3 Å². The van der Waals surface area contributed by atoms with Crippen molar-refractivity contribution in [1.29, 1.82) is 0 Å². The summed E-state index contributed by atoms with van der Waals surface area (Å²) in [6.07, 6.45) is 14.2. The van der Waals surface area contributed by atoms with Gasteiger partial charge in [-0.25, -0.2) is 0 Å². The first-order chi connectivity index (χ1) is 16.6. The van der Waals surface area contributed by atoms with Crippen molar-refractivity contribution in [2.45, 2.75) is 104 Å². The fraction of sp³-hybridized carbons (Fsp3) is 0.692. The Morgan fingerprint density at radius 2 is 1.00 bits per heavy atom. The number of benzene rings is 1. The second-order valence-corrected chi connectivity index (χ2v) is 8.78. The molecular weight excluding hydrogens is 432 g/mol. The monoisotopic (exact) mass is 478 g/mol. The summed E-state index contributed by atoms with van der Waals surface area (Å²) in [4.78, 5) is 0. The maximum absolute atomic E-state index is 9.28. The van der Waals surface area contributed by atoms with Crippen molar-refractivity contribution in [3.05, 3.63) is 34.4 Å². The van der Waals surface area contributed by atoms with Gasteiger partial charge in [0.05, 0.1) is 13.2 Å². The van der Waals surface area contributed by atoms with Crippen molar-refractivity contribution < 1.29 is 19.9 Å². The molecule has 0 heterocycles. The molecule has 0 fully saturated rings. The van der Waals surface area contributed by atoms with E-state index in [1.165, 1.54) is 51.4 Å². The van der Waals surface area contributed by atoms with Crippen LogP contribution in [-0.4, -0.2) is 35.3 Å². The molecule has 0 atom stereocenters. The SMILES string of the molecule is CCCCCCCCOCc1cc(C(N)=NO)c(COCCCCCCCC)cc1C(N)=NO. The quantitative estimate of drug-likeness (QED) is 0.0630. The molecule has 0 aromatic heterocycles. The minimum absolute atomic E-state index is 0.0126. The van der Waals surface area contributed by atoms with E-state index in [4.69, 9.17) is 20.9 Å². The van der Waals surface area contributed by atoms with Crippen molar-refractivity contribution in [3.63, 3.8) is 0 Å². The largest absolute Gasteiger partial charge is 0.409 e. The number of nitrogens with zero attached hydrogens (tertiary/aromatic N) is 2. The Balaban J connectivity index is 2.77. The van der Waals surface area contributed by atoms with Crippen LogP contribution in [0.5, 0.6) is 0 Å². The molecule has 34 heavy (non-hydrogen) atoms. The molecule has 0 spiro atoms. The Morgan fingerprint density at radius 3 is 1.35 bits per heavy atom. The van der Waals surface area contributed by atoms with Crippen LogP contribution in [0, 0.1) is 0 Å². The molecule has 0 aliphatic carbocycles. The third-order valence-corrected chi connectivity index (χ3v) is 5.90. The molecule has 194 valence electrons. The zero-order valence-electron chi connectivity index (χ0n) is 21.2. The highest BCUT2D eigenvalue weighted by molar-refractivity contribution is 6.02. The first kappa shape index (κ1) is 29.7. The van der Waals surface area contributed by atoms with Gasteiger partial charge < -0.3 is 31.4 Å². The molecule has 0 amide bonds. The zero-order chi connectivity index (χ0) is 25.0. The van der Waals surface area contributed by atoms with E-state index in [1.807, 2.05) is 0 Å². The number of amidine groups is 2. The Kier molecular flexibility index (Phi) is 16.6. The van der Waals surface area contributed by atoms with E-state index in [0.29, 0.717) is 35.5 Å². The topological polar surface area (TPSA) is 136 Å². The van der Waals surface area contributed by atoms with E-state index in [1.54, 1.807) is 12.1 Å². The molecular formula is C26H46N4O4. The van der Waals surface area contributed by atoms with Crippen LogP contribution in [0.1, 0.15) is 113 Å². The van der Waals surface area contributed by atoms with Gasteiger partial charge in [-0.15, -0.1) is 0 Å². The van der Waals surface area contributed by atoms with E-state index in [2.05, 4.69) is 24.2 Å². The first-order valence-electron chi connectivity index (χ1n) is 12.9. The minimum atomic E-state index is -0.0126. The summed E-state index contributed by atoms with van der Waals surface area (Å²) in [5.41, 5.74) is 14.4. The van der Waals surface area contributed by atoms with E-state index >= 15 is 0 Å². The molecule has 0 radical (unpaired) electrons. The van der Waals surface area contributed by atoms with Crippen molar-refractivity contribution in [3.8, 4) is 0 Å². The molecule has 0 saturated heterocycles. The molecule has 0 bridgehead atoms. The Labute approximate surface area is 205 Å². The third kappa shape index (κ3) is 11.7. The Bertz CT molecular complexity index is 676. The van der Waals surface area contributed by atoms with Crippen LogP contribution in [0.25, 0.3) is 0 Å². The number of rotatable bonds is 20. The molecule has 8 nitrogen and oxygen atoms in total. The number of hydrogen-bond donors (Lipinski definition) is 4. The maximum Gasteiger partial charge on any atom is 0.170 e. The van der Waals surface area contributed by atoms with Crippen molar-refractivity contribution in [2.24, 2.45) is 21.8 Å². The summed E-state index contributed by atoms with van der Waals surface area (Å²) in [7, 11) is 0. The first-order valence-corrected chi connectivity index (χ1v) is 12.9. The zero-order valence-corrected chi connectivity index (χ0v) is 21.2. The third-order valence-electron chi connectivity index (χ3n) is 5.90. The fourth-order valence-corrected chi connectivity index (χ4v) is 3.85. The number of nitrogens with two attached hydrogens (primary N) is 2. The van der Waals surface area contributed by atoms with Gasteiger partial charge in [-0.1, -0.05) is 88.4 Å². The van der Waals surface area contributed by atoms with Gasteiger partial charge in [0.15, 0.2) is 11.7 Å². The molecule has 0 unspecified atom stereocenters. The smallest absolute Gasteiger partial charge is 0.170 e. The lowest BCUT2D eigenvalue weighted by Crippen LogP contribution is -2.21. The Morgan fingerprint density at radius 1 is 0.647 bits per heavy atom. The summed E-state index contributed by atoms with van der Waals surface area (Å²) in [5, 5.41) is 24.9. The standard InChI is InChI=1S/C26H46N4O4/c1-3-5-7-9-11-13-15-33-19-21-17-24(26(28)30-32)22(18-23(21)25(27)29-31)20-34-16-14-12-10-8-6-4-2/h17-18,31-32H,3-16,19-20H2,1-2H3,(H2,27,29)(H2,28,30). The van der Waals surface area contributed by atoms with E-state index in [0.717, 1.165) is 25.7 Å². The van der Waals surface area contributed by atoms with Crippen molar-refractivity contribution in [1.82, 2.24) is 0 Å². The maximum atomic E-state index is 9.28. The molecule has 1 aromatic carbocycles. The van der Waals surface area contributed by atoms with Crippen molar-refractivity contribution in [2.75, 3.05) is 13.2 Å². The van der Waals surface area contributed by atoms with Gasteiger partial charge in [-0.2, -0.15) is 0 Å². The highest BCUT2D eigenvalue weighted by Gasteiger charge is 2.16. The van der Waals surface area contributed by atoms with E-state index in [-0.39, 0.29) is 24.9 Å². The molecule has 1 rings (SSSR count). The Hall–Kier alpha value is -2.32. The number of oxime groups is 2. The second-order valence-electron chi connectivity index (χ2n) is 8.78. The van der Waals surface area contributed by atoms with Crippen LogP contribution in [-0.2, 0) is 22.7 Å². The van der Waals surface area contributed by atoms with Crippen LogP contribution in [0.4, 0.5) is 0 Å². The van der Waals surface area contributed by atoms with Crippen LogP contribution < -0.4 is 11.5 Å². The summed E-state index contributed by atoms with van der Waals surface area (Å²) in [6.45, 7) is 6.24. The molecule has 1 aromatic rings. The summed E-state index contributed by atoms with van der Waals surface area (Å²) in [6, 6.07) is 3.54.